The number of rotatable bonds is 3. The lowest BCUT2D eigenvalue weighted by molar-refractivity contribution is 0.0696. The number of hydrogen-bond acceptors (Lipinski definition) is 6. The minimum Gasteiger partial charge on any atom is -0.506 e. The van der Waals surface area contributed by atoms with Gasteiger partial charge >= 0.3 is 5.97 Å². The highest BCUT2D eigenvalue weighted by Gasteiger charge is 2.16. The van der Waals surface area contributed by atoms with Gasteiger partial charge in [0.15, 0.2) is 0 Å². The van der Waals surface area contributed by atoms with Crippen molar-refractivity contribution in [3.63, 3.8) is 0 Å². The van der Waals surface area contributed by atoms with Crippen molar-refractivity contribution in [2.45, 2.75) is 6.92 Å². The van der Waals surface area contributed by atoms with E-state index in [0.717, 1.165) is 11.5 Å². The summed E-state index contributed by atoms with van der Waals surface area (Å²) < 4.78 is 3.63. The summed E-state index contributed by atoms with van der Waals surface area (Å²) in [7, 11) is 0. The van der Waals surface area contributed by atoms with Crippen LogP contribution in [0.4, 0.5) is 5.69 Å². The number of aromatic nitrogens is 2. The second kappa shape index (κ2) is 5.02. The first-order valence-corrected chi connectivity index (χ1v) is 5.93. The van der Waals surface area contributed by atoms with E-state index in [4.69, 9.17) is 5.11 Å². The SMILES string of the molecule is Cc1nnsc1C(=O)Nc1cc(C(=O)O)ccc1O. The zero-order valence-corrected chi connectivity index (χ0v) is 10.6. The van der Waals surface area contributed by atoms with Crippen molar-refractivity contribution < 1.29 is 19.8 Å². The zero-order valence-electron chi connectivity index (χ0n) is 9.75. The molecule has 1 heterocycles. The van der Waals surface area contributed by atoms with E-state index >= 15 is 0 Å². The topological polar surface area (TPSA) is 112 Å². The summed E-state index contributed by atoms with van der Waals surface area (Å²) in [6, 6.07) is 3.63. The summed E-state index contributed by atoms with van der Waals surface area (Å²) >= 11 is 0.922. The van der Waals surface area contributed by atoms with Gasteiger partial charge in [0.2, 0.25) is 0 Å². The van der Waals surface area contributed by atoms with E-state index in [1.54, 1.807) is 6.92 Å². The minimum absolute atomic E-state index is 0.0256. The highest BCUT2D eigenvalue weighted by atomic mass is 32.1. The van der Waals surface area contributed by atoms with E-state index in [0.29, 0.717) is 10.6 Å². The van der Waals surface area contributed by atoms with Crippen molar-refractivity contribution in [3.8, 4) is 5.75 Å². The molecule has 8 heteroatoms. The number of phenolic OH excluding ortho intramolecular Hbond substituents is 1. The highest BCUT2D eigenvalue weighted by molar-refractivity contribution is 7.08. The molecule has 0 aliphatic heterocycles. The fraction of sp³-hybridized carbons (Fsp3) is 0.0909. The Labute approximate surface area is 111 Å². The number of nitrogens with one attached hydrogen (secondary N) is 1. The third-order valence-corrected chi connectivity index (χ3v) is 3.18. The molecule has 0 spiro atoms. The number of benzene rings is 1. The molecule has 0 saturated heterocycles. The van der Waals surface area contributed by atoms with Crippen molar-refractivity contribution in [3.05, 3.63) is 34.3 Å². The average molecular weight is 279 g/mol. The number of phenols is 1. The van der Waals surface area contributed by atoms with Crippen LogP contribution >= 0.6 is 11.5 Å². The number of aryl methyl sites for hydroxylation is 1. The van der Waals surface area contributed by atoms with Crippen LogP contribution in [0.25, 0.3) is 0 Å². The fourth-order valence-electron chi connectivity index (χ4n) is 1.39. The Morgan fingerprint density at radius 2 is 2.11 bits per heavy atom. The number of amides is 1. The van der Waals surface area contributed by atoms with Crippen molar-refractivity contribution in [2.75, 3.05) is 5.32 Å². The Balaban J connectivity index is 2.28. The predicted octanol–water partition coefficient (Wildman–Crippen LogP) is 1.50. The molecule has 0 atom stereocenters. The summed E-state index contributed by atoms with van der Waals surface area (Å²) in [6.07, 6.45) is 0. The van der Waals surface area contributed by atoms with Gasteiger partial charge in [-0.3, -0.25) is 4.79 Å². The molecule has 2 rings (SSSR count). The average Bonchev–Trinajstić information content (AvgIpc) is 2.78. The van der Waals surface area contributed by atoms with Gasteiger partial charge in [-0.1, -0.05) is 4.49 Å². The normalized spacial score (nSPS) is 10.2. The molecule has 98 valence electrons. The lowest BCUT2D eigenvalue weighted by atomic mass is 10.2. The molecule has 0 aliphatic rings. The van der Waals surface area contributed by atoms with Gasteiger partial charge in [-0.2, -0.15) is 0 Å². The summed E-state index contributed by atoms with van der Waals surface area (Å²) in [5.74, 6) is -1.86. The van der Waals surface area contributed by atoms with Gasteiger partial charge in [-0.15, -0.1) is 5.10 Å². The number of carboxylic acid groups (broad SMARTS) is 1. The highest BCUT2D eigenvalue weighted by Crippen LogP contribution is 2.25. The summed E-state index contributed by atoms with van der Waals surface area (Å²) in [4.78, 5) is 23.0. The lowest BCUT2D eigenvalue weighted by Gasteiger charge is -2.07. The number of carbonyl (C=O) groups is 2. The van der Waals surface area contributed by atoms with Crippen LogP contribution in [0.3, 0.4) is 0 Å². The van der Waals surface area contributed by atoms with Crippen LogP contribution in [0.1, 0.15) is 25.7 Å². The predicted molar refractivity (Wildman–Crippen MR) is 67.7 cm³/mol. The van der Waals surface area contributed by atoms with Crippen LogP contribution in [0.2, 0.25) is 0 Å². The Bertz CT molecular complexity index is 653. The molecule has 2 aromatic rings. The molecule has 0 unspecified atom stereocenters. The third-order valence-electron chi connectivity index (χ3n) is 2.35. The molecule has 0 aliphatic carbocycles. The van der Waals surface area contributed by atoms with E-state index in [1.807, 2.05) is 0 Å². The van der Waals surface area contributed by atoms with Crippen LogP contribution in [-0.4, -0.2) is 31.7 Å². The van der Waals surface area contributed by atoms with Crippen LogP contribution < -0.4 is 5.32 Å². The van der Waals surface area contributed by atoms with Crippen molar-refractivity contribution >= 4 is 29.1 Å². The van der Waals surface area contributed by atoms with Gasteiger partial charge < -0.3 is 15.5 Å². The second-order valence-electron chi connectivity index (χ2n) is 3.68. The van der Waals surface area contributed by atoms with Crippen molar-refractivity contribution in [1.29, 1.82) is 0 Å². The standard InChI is InChI=1S/C11H9N3O4S/c1-5-9(19-14-13-5)10(16)12-7-4-6(11(17)18)2-3-8(7)15/h2-4,15H,1H3,(H,12,16)(H,17,18). The number of nitrogens with zero attached hydrogens (tertiary/aromatic N) is 2. The summed E-state index contributed by atoms with van der Waals surface area (Å²) in [5, 5.41) is 24.6. The lowest BCUT2D eigenvalue weighted by Crippen LogP contribution is -2.12. The maximum absolute atomic E-state index is 11.9. The molecule has 19 heavy (non-hydrogen) atoms. The number of anilines is 1. The van der Waals surface area contributed by atoms with Gasteiger partial charge in [-0.25, -0.2) is 4.79 Å². The smallest absolute Gasteiger partial charge is 0.335 e. The molecule has 0 radical (unpaired) electrons. The van der Waals surface area contributed by atoms with Gasteiger partial charge in [0, 0.05) is 0 Å². The maximum Gasteiger partial charge on any atom is 0.335 e. The van der Waals surface area contributed by atoms with Gasteiger partial charge in [0.05, 0.1) is 16.9 Å². The minimum atomic E-state index is -1.15. The van der Waals surface area contributed by atoms with Crippen molar-refractivity contribution in [1.82, 2.24) is 9.59 Å². The van der Waals surface area contributed by atoms with Crippen LogP contribution in [-0.2, 0) is 0 Å². The monoisotopic (exact) mass is 279 g/mol. The quantitative estimate of drug-likeness (QED) is 0.734. The Morgan fingerprint density at radius 3 is 2.68 bits per heavy atom. The van der Waals surface area contributed by atoms with E-state index in [9.17, 15) is 14.7 Å². The van der Waals surface area contributed by atoms with Gasteiger partial charge in [0.25, 0.3) is 5.91 Å². The molecule has 1 amide bonds. The van der Waals surface area contributed by atoms with E-state index in [1.165, 1.54) is 18.2 Å². The number of aromatic carboxylic acids is 1. The first kappa shape index (κ1) is 13.0. The first-order chi connectivity index (χ1) is 8.99. The molecule has 1 aromatic carbocycles. The molecule has 7 nitrogen and oxygen atoms in total. The second-order valence-corrected chi connectivity index (χ2v) is 4.43. The van der Waals surface area contributed by atoms with Crippen molar-refractivity contribution in [2.24, 2.45) is 0 Å². The molecule has 0 fully saturated rings. The molecular weight excluding hydrogens is 270 g/mol. The molecule has 0 bridgehead atoms. The first-order valence-electron chi connectivity index (χ1n) is 5.15. The maximum atomic E-state index is 11.9. The molecule has 3 N–H and O–H groups in total. The summed E-state index contributed by atoms with van der Waals surface area (Å²) in [6.45, 7) is 1.63. The number of carboxylic acids is 1. The van der Waals surface area contributed by atoms with E-state index in [2.05, 4.69) is 14.9 Å². The van der Waals surface area contributed by atoms with Crippen LogP contribution in [0, 0.1) is 6.92 Å². The Hall–Kier alpha value is -2.48. The molecule has 0 saturated carbocycles. The Kier molecular flexibility index (Phi) is 3.43. The molecule has 1 aromatic heterocycles. The third kappa shape index (κ3) is 2.68. The van der Waals surface area contributed by atoms with Gasteiger partial charge in [0.1, 0.15) is 10.6 Å². The van der Waals surface area contributed by atoms with Crippen LogP contribution in [0.15, 0.2) is 18.2 Å². The molecular formula is C11H9N3O4S. The Morgan fingerprint density at radius 1 is 1.37 bits per heavy atom. The zero-order chi connectivity index (χ0) is 14.0. The fourth-order valence-corrected chi connectivity index (χ4v) is 1.94. The largest absolute Gasteiger partial charge is 0.506 e. The summed E-state index contributed by atoms with van der Waals surface area (Å²) in [5.41, 5.74) is 0.460. The van der Waals surface area contributed by atoms with Gasteiger partial charge in [-0.05, 0) is 36.7 Å². The van der Waals surface area contributed by atoms with Crippen LogP contribution in [0.5, 0.6) is 5.75 Å². The number of hydrogen-bond donors (Lipinski definition) is 3. The number of aromatic hydroxyl groups is 1. The number of carbonyl (C=O) groups excluding carboxylic acids is 1. The van der Waals surface area contributed by atoms with E-state index < -0.39 is 11.9 Å². The van der Waals surface area contributed by atoms with E-state index in [-0.39, 0.29) is 17.0 Å².